The summed E-state index contributed by atoms with van der Waals surface area (Å²) in [5.74, 6) is -2.36. The Hall–Kier alpha value is -1.91. The molecule has 2 aliphatic rings. The summed E-state index contributed by atoms with van der Waals surface area (Å²) in [6.45, 7) is 3.83. The number of thiazole rings is 1. The number of fused-ring (bicyclic) bond motifs is 1. The maximum Gasteiger partial charge on any atom is 0.248 e. The molecule has 1 N–H and O–H groups in total. The molecule has 0 saturated heterocycles. The second-order valence-corrected chi connectivity index (χ2v) is 12.0. The van der Waals surface area contributed by atoms with Gasteiger partial charge in [-0.05, 0) is 36.5 Å². The van der Waals surface area contributed by atoms with E-state index in [4.69, 9.17) is 0 Å². The molecule has 4 rings (SSSR count). The Labute approximate surface area is 191 Å². The van der Waals surface area contributed by atoms with Crippen molar-refractivity contribution in [1.82, 2.24) is 9.88 Å². The third-order valence-electron chi connectivity index (χ3n) is 6.15. The molecule has 1 aromatic heterocycles. The van der Waals surface area contributed by atoms with Crippen LogP contribution in [0.5, 0.6) is 0 Å². The molecule has 174 valence electrons. The minimum Gasteiger partial charge on any atom is -0.302 e. The summed E-state index contributed by atoms with van der Waals surface area (Å²) in [5, 5.41) is 3.39. The average molecular weight is 484 g/mol. The molecule has 0 unspecified atom stereocenters. The van der Waals surface area contributed by atoms with Crippen LogP contribution in [0.1, 0.15) is 48.7 Å². The fourth-order valence-electron chi connectivity index (χ4n) is 4.26. The first kappa shape index (κ1) is 23.3. The van der Waals surface area contributed by atoms with Crippen molar-refractivity contribution in [2.75, 3.05) is 17.6 Å². The van der Waals surface area contributed by atoms with Crippen LogP contribution in [-0.4, -0.2) is 42.4 Å². The summed E-state index contributed by atoms with van der Waals surface area (Å²) < 4.78 is 50.5. The van der Waals surface area contributed by atoms with Crippen molar-refractivity contribution in [2.45, 2.75) is 62.9 Å². The molecule has 0 radical (unpaired) electrons. The fourth-order valence-corrected chi connectivity index (χ4v) is 6.17. The number of hydrogen-bond acceptors (Lipinski definition) is 6. The topological polar surface area (TPSA) is 79.4 Å². The van der Waals surface area contributed by atoms with Gasteiger partial charge in [0.05, 0.1) is 22.8 Å². The molecular formula is C22H27F2N3O3S2. The van der Waals surface area contributed by atoms with Crippen molar-refractivity contribution in [3.05, 3.63) is 40.4 Å². The van der Waals surface area contributed by atoms with Crippen LogP contribution < -0.4 is 5.32 Å². The van der Waals surface area contributed by atoms with Gasteiger partial charge in [-0.2, -0.15) is 0 Å². The number of carbonyl (C=O) groups is 1. The molecule has 32 heavy (non-hydrogen) atoms. The summed E-state index contributed by atoms with van der Waals surface area (Å²) >= 11 is 1.45. The maximum absolute atomic E-state index is 13.3. The van der Waals surface area contributed by atoms with Crippen LogP contribution >= 0.6 is 11.3 Å². The lowest BCUT2D eigenvalue weighted by Crippen LogP contribution is -2.31. The van der Waals surface area contributed by atoms with Crippen LogP contribution in [0.3, 0.4) is 0 Å². The number of nitrogens with one attached hydrogen (secondary N) is 1. The molecule has 1 aliphatic carbocycles. The lowest BCUT2D eigenvalue weighted by Gasteiger charge is -2.30. The summed E-state index contributed by atoms with van der Waals surface area (Å²) in [5.41, 5.74) is 1.67. The van der Waals surface area contributed by atoms with Gasteiger partial charge < -0.3 is 5.32 Å². The molecule has 0 spiro atoms. The highest BCUT2D eigenvalue weighted by Crippen LogP contribution is 2.38. The Morgan fingerprint density at radius 3 is 2.53 bits per heavy atom. The lowest BCUT2D eigenvalue weighted by molar-refractivity contribution is -0.115. The molecule has 2 heterocycles. The molecule has 10 heteroatoms. The molecule has 1 amide bonds. The van der Waals surface area contributed by atoms with Crippen molar-refractivity contribution in [3.8, 4) is 0 Å². The average Bonchev–Trinajstić information content (AvgIpc) is 3.27. The molecule has 1 fully saturated rings. The SMILES string of the molecule is CCS(=O)(=O)c1ccc(CC(=O)Nc2nc3c(s2)CN(CC2CCC(F)(F)CC2)C3)cc1. The summed E-state index contributed by atoms with van der Waals surface area (Å²) in [7, 11) is -3.26. The highest BCUT2D eigenvalue weighted by atomic mass is 32.2. The first-order chi connectivity index (χ1) is 15.1. The molecule has 1 aliphatic heterocycles. The zero-order valence-corrected chi connectivity index (χ0v) is 19.6. The number of nitrogens with zero attached hydrogens (tertiary/aromatic N) is 2. The maximum atomic E-state index is 13.3. The quantitative estimate of drug-likeness (QED) is 0.637. The van der Waals surface area contributed by atoms with Gasteiger partial charge in [0.15, 0.2) is 15.0 Å². The normalized spacial score (nSPS) is 19.1. The molecule has 6 nitrogen and oxygen atoms in total. The van der Waals surface area contributed by atoms with Gasteiger partial charge in [-0.25, -0.2) is 22.2 Å². The summed E-state index contributed by atoms with van der Waals surface area (Å²) in [6.07, 6.45) is 1.24. The number of aromatic nitrogens is 1. The number of carbonyl (C=O) groups excluding carboxylic acids is 1. The summed E-state index contributed by atoms with van der Waals surface area (Å²) in [6, 6.07) is 6.37. The smallest absolute Gasteiger partial charge is 0.248 e. The van der Waals surface area contributed by atoms with Crippen LogP contribution in [0.4, 0.5) is 13.9 Å². The van der Waals surface area contributed by atoms with Gasteiger partial charge in [0.2, 0.25) is 11.8 Å². The number of alkyl halides is 2. The van der Waals surface area contributed by atoms with Crippen molar-refractivity contribution in [2.24, 2.45) is 5.92 Å². The van der Waals surface area contributed by atoms with Gasteiger partial charge in [0.1, 0.15) is 0 Å². The zero-order chi connectivity index (χ0) is 22.9. The van der Waals surface area contributed by atoms with Crippen molar-refractivity contribution < 1.29 is 22.0 Å². The molecule has 0 bridgehead atoms. The van der Waals surface area contributed by atoms with Gasteiger partial charge in [-0.15, -0.1) is 11.3 Å². The van der Waals surface area contributed by atoms with Crippen LogP contribution in [0.15, 0.2) is 29.2 Å². The standard InChI is InChI=1S/C22H27F2N3O3S2/c1-2-32(29,30)17-5-3-15(4-6-17)11-20(28)26-21-25-18-13-27(14-19(18)31-21)12-16-7-9-22(23,24)10-8-16/h3-6,16H,2,7-14H2,1H3,(H,25,26,28). The van der Waals surface area contributed by atoms with Gasteiger partial charge in [0, 0.05) is 37.4 Å². The Morgan fingerprint density at radius 1 is 1.22 bits per heavy atom. The van der Waals surface area contributed by atoms with E-state index in [1.165, 1.54) is 23.5 Å². The van der Waals surface area contributed by atoms with E-state index in [-0.39, 0.29) is 35.8 Å². The van der Waals surface area contributed by atoms with E-state index in [1.54, 1.807) is 19.1 Å². The van der Waals surface area contributed by atoms with Gasteiger partial charge in [-0.1, -0.05) is 19.1 Å². The van der Waals surface area contributed by atoms with E-state index < -0.39 is 15.8 Å². The van der Waals surface area contributed by atoms with E-state index in [1.807, 2.05) is 0 Å². The van der Waals surface area contributed by atoms with Crippen LogP contribution in [0.2, 0.25) is 0 Å². The third-order valence-corrected chi connectivity index (χ3v) is 8.89. The van der Waals surface area contributed by atoms with E-state index in [9.17, 15) is 22.0 Å². The Balaban J connectivity index is 1.27. The van der Waals surface area contributed by atoms with Gasteiger partial charge >= 0.3 is 0 Å². The minimum absolute atomic E-state index is 0.0150. The number of benzene rings is 1. The Morgan fingerprint density at radius 2 is 1.91 bits per heavy atom. The first-order valence-electron chi connectivity index (χ1n) is 10.8. The number of rotatable bonds is 7. The van der Waals surface area contributed by atoms with E-state index in [2.05, 4.69) is 15.2 Å². The predicted octanol–water partition coefficient (Wildman–Crippen LogP) is 4.26. The van der Waals surface area contributed by atoms with Crippen molar-refractivity contribution in [3.63, 3.8) is 0 Å². The molecule has 2 aromatic rings. The number of sulfone groups is 1. The highest BCUT2D eigenvalue weighted by Gasteiger charge is 2.36. The molecule has 1 aromatic carbocycles. The molecule has 1 saturated carbocycles. The molecule has 0 atom stereocenters. The monoisotopic (exact) mass is 483 g/mol. The number of anilines is 1. The largest absolute Gasteiger partial charge is 0.302 e. The van der Waals surface area contributed by atoms with Crippen molar-refractivity contribution in [1.29, 1.82) is 0 Å². The highest BCUT2D eigenvalue weighted by molar-refractivity contribution is 7.91. The van der Waals surface area contributed by atoms with Crippen LogP contribution in [0, 0.1) is 5.92 Å². The Kier molecular flexibility index (Phi) is 6.65. The molecular weight excluding hydrogens is 456 g/mol. The van der Waals surface area contributed by atoms with E-state index in [0.29, 0.717) is 30.4 Å². The second kappa shape index (κ2) is 9.15. The first-order valence-corrected chi connectivity index (χ1v) is 13.3. The minimum atomic E-state index is -3.26. The number of halogens is 2. The zero-order valence-electron chi connectivity index (χ0n) is 17.9. The van der Waals surface area contributed by atoms with Crippen LogP contribution in [-0.2, 0) is 34.1 Å². The number of hydrogen-bond donors (Lipinski definition) is 1. The van der Waals surface area contributed by atoms with Gasteiger partial charge in [-0.3, -0.25) is 9.69 Å². The third kappa shape index (κ3) is 5.52. The van der Waals surface area contributed by atoms with E-state index in [0.717, 1.165) is 29.2 Å². The number of amides is 1. The second-order valence-electron chi connectivity index (χ2n) is 8.63. The summed E-state index contributed by atoms with van der Waals surface area (Å²) in [4.78, 5) is 20.5. The van der Waals surface area contributed by atoms with E-state index >= 15 is 0 Å². The van der Waals surface area contributed by atoms with Crippen LogP contribution in [0.25, 0.3) is 0 Å². The van der Waals surface area contributed by atoms with Gasteiger partial charge in [0.25, 0.3) is 0 Å². The fraction of sp³-hybridized carbons (Fsp3) is 0.545. The van der Waals surface area contributed by atoms with Crippen molar-refractivity contribution >= 4 is 32.2 Å². The predicted molar refractivity (Wildman–Crippen MR) is 120 cm³/mol. The lowest BCUT2D eigenvalue weighted by atomic mass is 9.86. The Bertz CT molecular complexity index is 1050.